The van der Waals surface area contributed by atoms with Crippen molar-refractivity contribution in [3.8, 4) is 0 Å². The molecule has 0 amide bonds. The average molecular weight is 214 g/mol. The van der Waals surface area contributed by atoms with E-state index in [2.05, 4.69) is 0 Å². The Kier molecular flexibility index (Phi) is 2420. The van der Waals surface area contributed by atoms with Gasteiger partial charge >= 0.3 is 0 Å². The summed E-state index contributed by atoms with van der Waals surface area (Å²) in [6.07, 6.45) is 0. The van der Waals surface area contributed by atoms with Crippen LogP contribution in [-0.2, 0) is 36.0 Å². The largest absolute Gasteiger partial charge is 0.412 e. The zero-order chi connectivity index (χ0) is 0. The Morgan fingerprint density at radius 3 is 0.600 bits per heavy atom. The first kappa shape index (κ1) is 151. The minimum absolute atomic E-state index is 0. The fourth-order valence-corrected chi connectivity index (χ4v) is 0. The van der Waals surface area contributed by atoms with Crippen LogP contribution in [0.2, 0.25) is 0 Å². The molecule has 5 heteroatoms. The van der Waals surface area contributed by atoms with E-state index in [9.17, 15) is 0 Å². The quantitative estimate of drug-likeness (QED) is 0.399. The third-order valence-corrected chi connectivity index (χ3v) is 0. The van der Waals surface area contributed by atoms with Gasteiger partial charge in [0.25, 0.3) is 0 Å². The van der Waals surface area contributed by atoms with Gasteiger partial charge in [-0.15, -0.1) is 0 Å². The first-order valence-electron chi connectivity index (χ1n) is 0. The summed E-state index contributed by atoms with van der Waals surface area (Å²) in [7, 11) is 0. The number of rotatable bonds is 0. The molecule has 5 heavy (non-hydrogen) atoms. The van der Waals surface area contributed by atoms with Crippen molar-refractivity contribution in [2.24, 2.45) is 0 Å². The molecule has 0 aliphatic rings. The summed E-state index contributed by atoms with van der Waals surface area (Å²) in [5, 5.41) is 0. The SMILES string of the molecule is O.O.O.[Ni].[Ru]. The normalized spacial score (nSPS) is 0. The van der Waals surface area contributed by atoms with Gasteiger partial charge in [0.2, 0.25) is 0 Å². The van der Waals surface area contributed by atoms with Crippen LogP contribution < -0.4 is 0 Å². The Bertz CT molecular complexity index is 6.85. The fourth-order valence-electron chi connectivity index (χ4n) is 0. The topological polar surface area (TPSA) is 94.5 Å². The summed E-state index contributed by atoms with van der Waals surface area (Å²) >= 11 is 0. The first-order valence-corrected chi connectivity index (χ1v) is 0. The Balaban J connectivity index is 0. The minimum Gasteiger partial charge on any atom is -0.412 e. The monoisotopic (exact) mass is 214 g/mol. The van der Waals surface area contributed by atoms with Gasteiger partial charge < -0.3 is 16.4 Å². The molecular formula is H6NiO3Ru. The molecule has 0 heterocycles. The van der Waals surface area contributed by atoms with Crippen molar-refractivity contribution >= 4 is 0 Å². The Morgan fingerprint density at radius 2 is 0.600 bits per heavy atom. The molecule has 0 saturated heterocycles. The minimum atomic E-state index is 0. The van der Waals surface area contributed by atoms with Crippen molar-refractivity contribution in [2.75, 3.05) is 0 Å². The van der Waals surface area contributed by atoms with Gasteiger partial charge in [-0.05, 0) is 0 Å². The van der Waals surface area contributed by atoms with Crippen LogP contribution in [0.15, 0.2) is 0 Å². The Hall–Kier alpha value is 0.997. The molecule has 0 saturated carbocycles. The van der Waals surface area contributed by atoms with Crippen molar-refractivity contribution in [1.82, 2.24) is 0 Å². The van der Waals surface area contributed by atoms with Gasteiger partial charge in [-0.25, -0.2) is 0 Å². The van der Waals surface area contributed by atoms with E-state index in [1.54, 1.807) is 0 Å². The van der Waals surface area contributed by atoms with Gasteiger partial charge in [0.15, 0.2) is 0 Å². The predicted octanol–water partition coefficient (Wildman–Crippen LogP) is -2.48. The first-order chi connectivity index (χ1) is 0. The van der Waals surface area contributed by atoms with Gasteiger partial charge in [0.05, 0.1) is 0 Å². The second-order valence-electron chi connectivity index (χ2n) is 0. The van der Waals surface area contributed by atoms with Crippen LogP contribution in [0.25, 0.3) is 0 Å². The van der Waals surface area contributed by atoms with Gasteiger partial charge in [-0.2, -0.15) is 0 Å². The molecular weight excluding hydrogens is 208 g/mol. The van der Waals surface area contributed by atoms with Crippen LogP contribution in [0.3, 0.4) is 0 Å². The molecule has 0 radical (unpaired) electrons. The molecule has 0 fully saturated rings. The molecule has 0 aliphatic carbocycles. The van der Waals surface area contributed by atoms with E-state index in [-0.39, 0.29) is 52.4 Å². The van der Waals surface area contributed by atoms with Crippen LogP contribution in [0.5, 0.6) is 0 Å². The van der Waals surface area contributed by atoms with Crippen LogP contribution in [0.4, 0.5) is 0 Å². The third-order valence-electron chi connectivity index (χ3n) is 0. The Morgan fingerprint density at radius 1 is 0.600 bits per heavy atom. The maximum atomic E-state index is 0. The Labute approximate surface area is 52.7 Å². The van der Waals surface area contributed by atoms with E-state index in [1.807, 2.05) is 0 Å². The molecule has 0 aromatic heterocycles. The summed E-state index contributed by atoms with van der Waals surface area (Å²) in [6, 6.07) is 0. The maximum Gasteiger partial charge on any atom is 0 e. The van der Waals surface area contributed by atoms with Crippen LogP contribution in [0.1, 0.15) is 0 Å². The van der Waals surface area contributed by atoms with Crippen molar-refractivity contribution in [3.05, 3.63) is 0 Å². The zero-order valence-electron chi connectivity index (χ0n) is 2.17. The molecule has 0 bridgehead atoms. The predicted molar refractivity (Wildman–Crippen MR) is 10.8 cm³/mol. The summed E-state index contributed by atoms with van der Waals surface area (Å²) in [4.78, 5) is 0. The van der Waals surface area contributed by atoms with E-state index in [1.165, 1.54) is 0 Å². The number of hydrogen-bond acceptors (Lipinski definition) is 0. The summed E-state index contributed by atoms with van der Waals surface area (Å²) in [6.45, 7) is 0. The van der Waals surface area contributed by atoms with Gasteiger partial charge in [0.1, 0.15) is 0 Å². The molecule has 0 unspecified atom stereocenters. The fraction of sp³-hybridized carbons (Fsp3) is 0. The molecule has 0 rings (SSSR count). The van der Waals surface area contributed by atoms with E-state index in [4.69, 9.17) is 0 Å². The van der Waals surface area contributed by atoms with Crippen molar-refractivity contribution in [1.29, 1.82) is 0 Å². The molecule has 0 spiro atoms. The van der Waals surface area contributed by atoms with E-state index in [0.29, 0.717) is 0 Å². The second kappa shape index (κ2) is 80.3. The average Bonchev–Trinajstić information content (AvgIpc) is 0. The van der Waals surface area contributed by atoms with Crippen molar-refractivity contribution < 1.29 is 52.4 Å². The third kappa shape index (κ3) is 45.2. The smallest absolute Gasteiger partial charge is 0 e. The van der Waals surface area contributed by atoms with Gasteiger partial charge in [0, 0.05) is 36.0 Å². The molecule has 6 N–H and O–H groups in total. The summed E-state index contributed by atoms with van der Waals surface area (Å²) in [5.74, 6) is 0. The molecule has 42 valence electrons. The molecule has 0 atom stereocenters. The van der Waals surface area contributed by atoms with Crippen molar-refractivity contribution in [3.63, 3.8) is 0 Å². The zero-order valence-corrected chi connectivity index (χ0v) is 4.90. The molecule has 0 aliphatic heterocycles. The molecule has 3 nitrogen and oxygen atoms in total. The standard InChI is InChI=1S/Ni.3H2O.Ru/h;3*1H2;. The van der Waals surface area contributed by atoms with Gasteiger partial charge in [-0.1, -0.05) is 0 Å². The second-order valence-corrected chi connectivity index (χ2v) is 0. The van der Waals surface area contributed by atoms with E-state index in [0.717, 1.165) is 0 Å². The summed E-state index contributed by atoms with van der Waals surface area (Å²) in [5.41, 5.74) is 0. The van der Waals surface area contributed by atoms with E-state index < -0.39 is 0 Å². The van der Waals surface area contributed by atoms with Crippen molar-refractivity contribution in [2.45, 2.75) is 0 Å². The van der Waals surface area contributed by atoms with Crippen LogP contribution in [0, 0.1) is 0 Å². The van der Waals surface area contributed by atoms with Crippen LogP contribution in [-0.4, -0.2) is 16.4 Å². The van der Waals surface area contributed by atoms with Gasteiger partial charge in [-0.3, -0.25) is 0 Å². The summed E-state index contributed by atoms with van der Waals surface area (Å²) < 4.78 is 0. The number of hydrogen-bond donors (Lipinski definition) is 0. The molecule has 0 aromatic carbocycles. The maximum absolute atomic E-state index is 0. The van der Waals surface area contributed by atoms with Crippen LogP contribution >= 0.6 is 0 Å². The molecule has 0 aromatic rings. The van der Waals surface area contributed by atoms with E-state index >= 15 is 0 Å².